The SMILES string of the molecule is C=c1[nH]n(-c2ccc(C(=O)OC(C)C)cc2)c(=O)/c1=C/c1ccc(O)c(OC)c1. The summed E-state index contributed by atoms with van der Waals surface area (Å²) in [6, 6.07) is 11.3. The molecule has 0 bridgehead atoms. The van der Waals surface area contributed by atoms with Crippen LogP contribution < -0.4 is 20.9 Å². The van der Waals surface area contributed by atoms with Crippen molar-refractivity contribution in [1.29, 1.82) is 0 Å². The highest BCUT2D eigenvalue weighted by Gasteiger charge is 2.11. The van der Waals surface area contributed by atoms with Gasteiger partial charge in [0.1, 0.15) is 0 Å². The summed E-state index contributed by atoms with van der Waals surface area (Å²) >= 11 is 0. The molecule has 0 radical (unpaired) electrons. The smallest absolute Gasteiger partial charge is 0.338 e. The number of esters is 1. The van der Waals surface area contributed by atoms with Gasteiger partial charge in [0.15, 0.2) is 11.5 Å². The second kappa shape index (κ2) is 8.10. The highest BCUT2D eigenvalue weighted by Crippen LogP contribution is 2.26. The summed E-state index contributed by atoms with van der Waals surface area (Å²) in [5, 5.41) is 13.5. The van der Waals surface area contributed by atoms with Crippen molar-refractivity contribution in [3.8, 4) is 17.2 Å². The van der Waals surface area contributed by atoms with Crippen LogP contribution >= 0.6 is 0 Å². The third-order valence-electron chi connectivity index (χ3n) is 4.22. The number of methoxy groups -OCH3 is 1. The zero-order valence-corrected chi connectivity index (χ0v) is 16.4. The molecule has 3 rings (SSSR count). The molecule has 150 valence electrons. The van der Waals surface area contributed by atoms with Crippen molar-refractivity contribution < 1.29 is 19.4 Å². The largest absolute Gasteiger partial charge is 0.504 e. The number of carbonyl (C=O) groups is 1. The highest BCUT2D eigenvalue weighted by atomic mass is 16.5. The summed E-state index contributed by atoms with van der Waals surface area (Å²) in [5.74, 6) is -0.0929. The second-order valence-electron chi connectivity index (χ2n) is 6.72. The van der Waals surface area contributed by atoms with Gasteiger partial charge in [-0.05, 0) is 61.9 Å². The van der Waals surface area contributed by atoms with Crippen molar-refractivity contribution in [1.82, 2.24) is 9.78 Å². The fourth-order valence-electron chi connectivity index (χ4n) is 2.81. The number of phenols is 1. The number of hydrogen-bond acceptors (Lipinski definition) is 5. The average molecular weight is 394 g/mol. The summed E-state index contributed by atoms with van der Waals surface area (Å²) in [6.07, 6.45) is 1.45. The lowest BCUT2D eigenvalue weighted by molar-refractivity contribution is 0.0378. The highest BCUT2D eigenvalue weighted by molar-refractivity contribution is 5.89. The van der Waals surface area contributed by atoms with Crippen LogP contribution in [-0.4, -0.2) is 34.1 Å². The van der Waals surface area contributed by atoms with Gasteiger partial charge in [0.05, 0.1) is 35.0 Å². The summed E-state index contributed by atoms with van der Waals surface area (Å²) in [6.45, 7) is 7.46. The van der Waals surface area contributed by atoms with Crippen molar-refractivity contribution in [2.24, 2.45) is 0 Å². The van der Waals surface area contributed by atoms with Crippen LogP contribution in [0, 0.1) is 0 Å². The molecule has 0 saturated heterocycles. The predicted octanol–water partition coefficient (Wildman–Crippen LogP) is 1.68. The van der Waals surface area contributed by atoms with Gasteiger partial charge in [-0.2, -0.15) is 0 Å². The predicted molar refractivity (Wildman–Crippen MR) is 110 cm³/mol. The third-order valence-corrected chi connectivity index (χ3v) is 4.22. The molecule has 3 aromatic rings. The Morgan fingerprint density at radius 3 is 2.52 bits per heavy atom. The van der Waals surface area contributed by atoms with E-state index in [2.05, 4.69) is 11.7 Å². The molecule has 7 nitrogen and oxygen atoms in total. The number of carbonyl (C=O) groups excluding carboxylic acids is 1. The van der Waals surface area contributed by atoms with Gasteiger partial charge in [-0.15, -0.1) is 0 Å². The standard InChI is InChI=1S/C22H22N2O5/c1-13(2)29-22(27)16-6-8-17(9-7-16)24-21(26)18(14(3)23-24)11-15-5-10-19(25)20(12-15)28-4/h5-13,23,25H,3H2,1-2,4H3/b18-11+. The van der Waals surface area contributed by atoms with Crippen LogP contribution in [0.1, 0.15) is 29.8 Å². The number of rotatable bonds is 5. The first-order valence-electron chi connectivity index (χ1n) is 9.00. The number of aromatic nitrogens is 2. The minimum absolute atomic E-state index is 0.0158. The summed E-state index contributed by atoms with van der Waals surface area (Å²) < 4.78 is 11.6. The molecule has 0 spiro atoms. The van der Waals surface area contributed by atoms with Crippen molar-refractivity contribution in [3.05, 3.63) is 74.5 Å². The fourth-order valence-corrected chi connectivity index (χ4v) is 2.81. The molecule has 2 N–H and O–H groups in total. The Kier molecular flexibility index (Phi) is 5.59. The Bertz CT molecular complexity index is 1200. The van der Waals surface area contributed by atoms with Gasteiger partial charge in [0, 0.05) is 0 Å². The Labute approximate surface area is 167 Å². The molecular weight excluding hydrogens is 372 g/mol. The summed E-state index contributed by atoms with van der Waals surface area (Å²) in [7, 11) is 1.45. The van der Waals surface area contributed by atoms with E-state index in [9.17, 15) is 14.7 Å². The first-order chi connectivity index (χ1) is 13.8. The molecule has 0 aliphatic carbocycles. The number of benzene rings is 2. The lowest BCUT2D eigenvalue weighted by Gasteiger charge is -2.08. The maximum Gasteiger partial charge on any atom is 0.338 e. The number of ether oxygens (including phenoxy) is 2. The van der Waals surface area contributed by atoms with Crippen LogP contribution in [0.15, 0.2) is 47.3 Å². The molecule has 0 unspecified atom stereocenters. The number of aromatic hydroxyl groups is 1. The van der Waals surface area contributed by atoms with E-state index in [1.165, 1.54) is 17.9 Å². The Morgan fingerprint density at radius 1 is 1.21 bits per heavy atom. The van der Waals surface area contributed by atoms with Gasteiger partial charge in [-0.25, -0.2) is 9.48 Å². The van der Waals surface area contributed by atoms with E-state index in [0.29, 0.717) is 33.1 Å². The van der Waals surface area contributed by atoms with Crippen molar-refractivity contribution >= 4 is 18.6 Å². The molecule has 29 heavy (non-hydrogen) atoms. The Morgan fingerprint density at radius 2 is 1.90 bits per heavy atom. The maximum absolute atomic E-state index is 12.9. The molecule has 0 aliphatic heterocycles. The van der Waals surface area contributed by atoms with Crippen LogP contribution in [0.25, 0.3) is 18.3 Å². The van der Waals surface area contributed by atoms with E-state index >= 15 is 0 Å². The van der Waals surface area contributed by atoms with Gasteiger partial charge < -0.3 is 14.6 Å². The van der Waals surface area contributed by atoms with Gasteiger partial charge in [-0.3, -0.25) is 9.89 Å². The monoisotopic (exact) mass is 394 g/mol. The van der Waals surface area contributed by atoms with E-state index in [1.807, 2.05) is 0 Å². The third kappa shape index (κ3) is 4.24. The lowest BCUT2D eigenvalue weighted by atomic mass is 10.1. The number of hydrogen-bond donors (Lipinski definition) is 2. The molecule has 2 aromatic carbocycles. The minimum atomic E-state index is -0.418. The molecule has 0 atom stereocenters. The Hall–Kier alpha value is -3.74. The molecule has 0 saturated carbocycles. The van der Waals surface area contributed by atoms with Crippen LogP contribution in [-0.2, 0) is 4.74 Å². The summed E-state index contributed by atoms with van der Waals surface area (Å²) in [4.78, 5) is 24.8. The van der Waals surface area contributed by atoms with E-state index in [1.54, 1.807) is 56.3 Å². The quantitative estimate of drug-likeness (QED) is 0.643. The van der Waals surface area contributed by atoms with Gasteiger partial charge >= 0.3 is 5.97 Å². The molecule has 1 heterocycles. The number of aromatic amines is 1. The summed E-state index contributed by atoms with van der Waals surface area (Å²) in [5.41, 5.74) is 1.35. The van der Waals surface area contributed by atoms with Crippen molar-refractivity contribution in [2.45, 2.75) is 20.0 Å². The molecule has 1 aromatic heterocycles. The van der Waals surface area contributed by atoms with Crippen LogP contribution in [0.3, 0.4) is 0 Å². The second-order valence-corrected chi connectivity index (χ2v) is 6.72. The maximum atomic E-state index is 12.9. The van der Waals surface area contributed by atoms with Crippen LogP contribution in [0.2, 0.25) is 0 Å². The normalized spacial score (nSPS) is 11.7. The molecule has 0 fully saturated rings. The zero-order chi connectivity index (χ0) is 21.1. The number of phenolic OH excluding ortho intramolecular Hbond substituents is 1. The topological polar surface area (TPSA) is 93.6 Å². The van der Waals surface area contributed by atoms with Crippen molar-refractivity contribution in [3.63, 3.8) is 0 Å². The first-order valence-corrected chi connectivity index (χ1v) is 9.00. The number of nitrogens with zero attached hydrogens (tertiary/aromatic N) is 1. The first kappa shape index (κ1) is 20.0. The molecule has 7 heteroatoms. The van der Waals surface area contributed by atoms with E-state index in [4.69, 9.17) is 9.47 Å². The number of H-pyrrole nitrogens is 1. The molecule has 0 aliphatic rings. The van der Waals surface area contributed by atoms with E-state index in [-0.39, 0.29) is 17.4 Å². The molecule has 0 amide bonds. The fraction of sp³-hybridized carbons (Fsp3) is 0.182. The zero-order valence-electron chi connectivity index (χ0n) is 16.4. The number of nitrogens with one attached hydrogen (secondary N) is 1. The van der Waals surface area contributed by atoms with E-state index in [0.717, 1.165) is 0 Å². The van der Waals surface area contributed by atoms with Gasteiger partial charge in [-0.1, -0.05) is 12.6 Å². The van der Waals surface area contributed by atoms with Gasteiger partial charge in [0.25, 0.3) is 5.56 Å². The average Bonchev–Trinajstić information content (AvgIpc) is 2.97. The van der Waals surface area contributed by atoms with Gasteiger partial charge in [0.2, 0.25) is 0 Å². The van der Waals surface area contributed by atoms with Crippen LogP contribution in [0.4, 0.5) is 0 Å². The minimum Gasteiger partial charge on any atom is -0.504 e. The van der Waals surface area contributed by atoms with Crippen LogP contribution in [0.5, 0.6) is 11.5 Å². The van der Waals surface area contributed by atoms with Crippen molar-refractivity contribution in [2.75, 3.05) is 7.11 Å². The van der Waals surface area contributed by atoms with E-state index < -0.39 is 5.97 Å². The Balaban J connectivity index is 1.99. The lowest BCUT2D eigenvalue weighted by Crippen LogP contribution is -2.33. The molecular formula is C22H22N2O5.